The van der Waals surface area contributed by atoms with E-state index in [-0.39, 0.29) is 16.8 Å². The first-order chi connectivity index (χ1) is 9.86. The fourth-order valence-electron chi connectivity index (χ4n) is 3.04. The summed E-state index contributed by atoms with van der Waals surface area (Å²) in [7, 11) is -1.90. The van der Waals surface area contributed by atoms with Crippen LogP contribution in [0, 0.1) is 5.92 Å². The maximum absolute atomic E-state index is 12.8. The van der Waals surface area contributed by atoms with Crippen molar-refractivity contribution in [2.24, 2.45) is 5.92 Å². The third kappa shape index (κ3) is 3.40. The summed E-state index contributed by atoms with van der Waals surface area (Å²) < 4.78 is 28.6. The minimum absolute atomic E-state index is 0.0627. The Morgan fingerprint density at radius 3 is 2.81 bits per heavy atom. The lowest BCUT2D eigenvalue weighted by Gasteiger charge is -2.33. The van der Waals surface area contributed by atoms with E-state index in [2.05, 4.69) is 12.0 Å². The minimum atomic E-state index is -3.57. The molecule has 0 saturated heterocycles. The quantitative estimate of drug-likeness (QED) is 0.902. The van der Waals surface area contributed by atoms with E-state index in [9.17, 15) is 8.42 Å². The standard InChI is InChI=1S/C14H26N4O2S/c1-4-8-18-10-13(14(15)16-18)21(19,20)17(3)12-7-5-6-11(2)9-12/h10-12H,4-9H2,1-3H3,(H2,15,16). The van der Waals surface area contributed by atoms with Crippen molar-refractivity contribution < 1.29 is 8.42 Å². The third-order valence-corrected chi connectivity index (χ3v) is 6.21. The van der Waals surface area contributed by atoms with Gasteiger partial charge in [-0.25, -0.2) is 8.42 Å². The van der Waals surface area contributed by atoms with Gasteiger partial charge in [0.15, 0.2) is 5.82 Å². The van der Waals surface area contributed by atoms with Gasteiger partial charge in [0.2, 0.25) is 10.0 Å². The molecule has 1 aliphatic carbocycles. The number of nitrogen functional groups attached to an aromatic ring is 1. The van der Waals surface area contributed by atoms with Gasteiger partial charge in [-0.2, -0.15) is 9.40 Å². The Balaban J connectivity index is 2.24. The molecular weight excluding hydrogens is 288 g/mol. The molecule has 2 unspecified atom stereocenters. The number of nitrogens with two attached hydrogens (primary N) is 1. The van der Waals surface area contributed by atoms with Crippen LogP contribution < -0.4 is 5.73 Å². The molecule has 120 valence electrons. The van der Waals surface area contributed by atoms with Gasteiger partial charge in [-0.05, 0) is 25.2 Å². The summed E-state index contributed by atoms with van der Waals surface area (Å²) >= 11 is 0. The summed E-state index contributed by atoms with van der Waals surface area (Å²) in [6, 6.07) is 0.0627. The van der Waals surface area contributed by atoms with Crippen LogP contribution in [-0.2, 0) is 16.6 Å². The van der Waals surface area contributed by atoms with Gasteiger partial charge in [0.25, 0.3) is 0 Å². The molecule has 0 amide bonds. The maximum Gasteiger partial charge on any atom is 0.248 e. The second-order valence-corrected chi connectivity index (χ2v) is 8.05. The molecule has 0 aromatic carbocycles. The molecule has 0 aliphatic heterocycles. The van der Waals surface area contributed by atoms with E-state index in [4.69, 9.17) is 5.73 Å². The molecule has 1 aromatic heterocycles. The Bertz CT molecular complexity index is 582. The van der Waals surface area contributed by atoms with Crippen LogP contribution in [0.25, 0.3) is 0 Å². The van der Waals surface area contributed by atoms with Crippen molar-refractivity contribution in [1.82, 2.24) is 14.1 Å². The van der Waals surface area contributed by atoms with Crippen LogP contribution in [0.2, 0.25) is 0 Å². The zero-order valence-corrected chi connectivity index (χ0v) is 13.9. The van der Waals surface area contributed by atoms with E-state index in [0.717, 1.165) is 25.7 Å². The monoisotopic (exact) mass is 314 g/mol. The van der Waals surface area contributed by atoms with E-state index < -0.39 is 10.0 Å². The van der Waals surface area contributed by atoms with Gasteiger partial charge in [-0.1, -0.05) is 26.7 Å². The van der Waals surface area contributed by atoms with Gasteiger partial charge in [0.05, 0.1) is 0 Å². The van der Waals surface area contributed by atoms with Crippen molar-refractivity contribution in [1.29, 1.82) is 0 Å². The molecule has 7 heteroatoms. The van der Waals surface area contributed by atoms with Gasteiger partial charge < -0.3 is 5.73 Å². The van der Waals surface area contributed by atoms with Crippen LogP contribution in [0.1, 0.15) is 46.0 Å². The molecule has 1 aromatic rings. The van der Waals surface area contributed by atoms with E-state index in [1.165, 1.54) is 10.7 Å². The molecular formula is C14H26N4O2S. The first kappa shape index (κ1) is 16.3. The van der Waals surface area contributed by atoms with Crippen LogP contribution in [-0.4, -0.2) is 35.6 Å². The van der Waals surface area contributed by atoms with Crippen molar-refractivity contribution in [3.8, 4) is 0 Å². The second-order valence-electron chi connectivity index (χ2n) is 6.09. The van der Waals surface area contributed by atoms with Crippen molar-refractivity contribution >= 4 is 15.8 Å². The number of hydrogen-bond donors (Lipinski definition) is 1. The Morgan fingerprint density at radius 2 is 2.19 bits per heavy atom. The summed E-state index contributed by atoms with van der Waals surface area (Å²) in [6.07, 6.45) is 6.53. The summed E-state index contributed by atoms with van der Waals surface area (Å²) in [5.74, 6) is 0.667. The predicted octanol–water partition coefficient (Wildman–Crippen LogP) is 2.07. The lowest BCUT2D eigenvalue weighted by molar-refractivity contribution is 0.239. The van der Waals surface area contributed by atoms with Gasteiger partial charge >= 0.3 is 0 Å². The molecule has 0 spiro atoms. The third-order valence-electron chi connectivity index (χ3n) is 4.29. The van der Waals surface area contributed by atoms with Gasteiger partial charge in [0, 0.05) is 25.8 Å². The summed E-state index contributed by atoms with van der Waals surface area (Å²) in [5.41, 5.74) is 5.81. The van der Waals surface area contributed by atoms with E-state index in [1.807, 2.05) is 6.92 Å². The molecule has 2 N–H and O–H groups in total. The number of rotatable bonds is 5. The highest BCUT2D eigenvalue weighted by atomic mass is 32.2. The fourth-order valence-corrected chi connectivity index (χ4v) is 4.50. The Kier molecular flexibility index (Phi) is 4.93. The van der Waals surface area contributed by atoms with Crippen molar-refractivity contribution in [3.63, 3.8) is 0 Å². The SMILES string of the molecule is CCCn1cc(S(=O)(=O)N(C)C2CCCC(C)C2)c(N)n1. The van der Waals surface area contributed by atoms with Gasteiger partial charge in [0.1, 0.15) is 4.90 Å². The lowest BCUT2D eigenvalue weighted by Crippen LogP contribution is -2.39. The first-order valence-corrected chi connectivity index (χ1v) is 9.11. The van der Waals surface area contributed by atoms with Crippen LogP contribution >= 0.6 is 0 Å². The molecule has 1 saturated carbocycles. The maximum atomic E-state index is 12.8. The van der Waals surface area contributed by atoms with E-state index in [0.29, 0.717) is 12.5 Å². The smallest absolute Gasteiger partial charge is 0.248 e. The number of aryl methyl sites for hydroxylation is 1. The molecule has 0 bridgehead atoms. The van der Waals surface area contributed by atoms with Crippen molar-refractivity contribution in [2.75, 3.05) is 12.8 Å². The van der Waals surface area contributed by atoms with Crippen LogP contribution in [0.4, 0.5) is 5.82 Å². The number of nitrogens with zero attached hydrogens (tertiary/aromatic N) is 3. The first-order valence-electron chi connectivity index (χ1n) is 7.67. The van der Waals surface area contributed by atoms with Crippen molar-refractivity contribution in [2.45, 2.75) is 63.4 Å². The summed E-state index contributed by atoms with van der Waals surface area (Å²) in [6.45, 7) is 4.87. The molecule has 2 atom stereocenters. The Hall–Kier alpha value is -1.08. The topological polar surface area (TPSA) is 81.2 Å². The zero-order chi connectivity index (χ0) is 15.6. The molecule has 2 rings (SSSR count). The van der Waals surface area contributed by atoms with E-state index in [1.54, 1.807) is 17.9 Å². The molecule has 1 heterocycles. The Labute approximate surface area is 127 Å². The molecule has 1 aliphatic rings. The zero-order valence-electron chi connectivity index (χ0n) is 13.1. The second kappa shape index (κ2) is 6.36. The fraction of sp³-hybridized carbons (Fsp3) is 0.786. The summed E-state index contributed by atoms with van der Waals surface area (Å²) in [5, 5.41) is 4.10. The van der Waals surface area contributed by atoms with Crippen LogP contribution in [0.3, 0.4) is 0 Å². The molecule has 0 radical (unpaired) electrons. The molecule has 1 fully saturated rings. The van der Waals surface area contributed by atoms with Gasteiger partial charge in [-0.15, -0.1) is 0 Å². The lowest BCUT2D eigenvalue weighted by atomic mass is 9.87. The highest BCUT2D eigenvalue weighted by molar-refractivity contribution is 7.89. The van der Waals surface area contributed by atoms with E-state index >= 15 is 0 Å². The predicted molar refractivity (Wildman–Crippen MR) is 83.3 cm³/mol. The highest BCUT2D eigenvalue weighted by Gasteiger charge is 2.33. The summed E-state index contributed by atoms with van der Waals surface area (Å²) in [4.78, 5) is 0.136. The molecule has 6 nitrogen and oxygen atoms in total. The van der Waals surface area contributed by atoms with Crippen LogP contribution in [0.15, 0.2) is 11.1 Å². The largest absolute Gasteiger partial charge is 0.381 e. The van der Waals surface area contributed by atoms with Crippen LogP contribution in [0.5, 0.6) is 0 Å². The highest BCUT2D eigenvalue weighted by Crippen LogP contribution is 2.31. The average molecular weight is 314 g/mol. The van der Waals surface area contributed by atoms with Gasteiger partial charge in [-0.3, -0.25) is 4.68 Å². The number of aromatic nitrogens is 2. The number of anilines is 1. The average Bonchev–Trinajstić information content (AvgIpc) is 2.80. The molecule has 21 heavy (non-hydrogen) atoms. The number of hydrogen-bond acceptors (Lipinski definition) is 4. The number of sulfonamides is 1. The normalized spacial score (nSPS) is 23.6. The van der Waals surface area contributed by atoms with Crippen molar-refractivity contribution in [3.05, 3.63) is 6.20 Å². The Morgan fingerprint density at radius 1 is 1.48 bits per heavy atom. The minimum Gasteiger partial charge on any atom is -0.381 e.